The average Bonchev–Trinajstić information content (AvgIpc) is 3.49. The van der Waals surface area contributed by atoms with Crippen molar-refractivity contribution in [3.63, 3.8) is 0 Å². The molecule has 2 aromatic carbocycles. The van der Waals surface area contributed by atoms with Crippen molar-refractivity contribution in [1.29, 1.82) is 0 Å². The first-order valence-electron chi connectivity index (χ1n) is 11.3. The molecule has 0 unspecified atom stereocenters. The topological polar surface area (TPSA) is 72.1 Å². The van der Waals surface area contributed by atoms with Gasteiger partial charge < -0.3 is 19.5 Å². The molecule has 1 fully saturated rings. The number of nitrogens with zero attached hydrogens (tertiary/aromatic N) is 4. The van der Waals surface area contributed by atoms with Crippen molar-refractivity contribution in [2.45, 2.75) is 25.5 Å². The van der Waals surface area contributed by atoms with Gasteiger partial charge in [-0.25, -0.2) is 13.9 Å². The Morgan fingerprint density at radius 1 is 1.06 bits per heavy atom. The molecular formula is C26H27FN4O3. The minimum Gasteiger partial charge on any atom is -0.497 e. The molecule has 1 N–H and O–H groups in total. The van der Waals surface area contributed by atoms with Gasteiger partial charge in [-0.05, 0) is 54.8 Å². The molecule has 0 spiro atoms. The highest BCUT2D eigenvalue weighted by molar-refractivity contribution is 5.83. The molecule has 0 amide bonds. The lowest BCUT2D eigenvalue weighted by Crippen LogP contribution is -2.32. The van der Waals surface area contributed by atoms with Crippen molar-refractivity contribution in [3.8, 4) is 28.1 Å². The van der Waals surface area contributed by atoms with Crippen LogP contribution in [-0.4, -0.2) is 53.1 Å². The summed E-state index contributed by atoms with van der Waals surface area (Å²) in [5.74, 6) is 1.23. The van der Waals surface area contributed by atoms with E-state index in [0.29, 0.717) is 12.3 Å². The SMILES string of the molecule is COCc1nn2c(-c3ccc(F)cc3)cc(N3CCC[C@@H]3CO)nc2c1-c1ccc(OC)cc1. The number of fused-ring (bicyclic) bond motifs is 1. The second kappa shape index (κ2) is 9.40. The highest BCUT2D eigenvalue weighted by atomic mass is 19.1. The summed E-state index contributed by atoms with van der Waals surface area (Å²) < 4.78 is 26.3. The zero-order chi connectivity index (χ0) is 23.7. The molecule has 0 saturated carbocycles. The summed E-state index contributed by atoms with van der Waals surface area (Å²) >= 11 is 0. The Balaban J connectivity index is 1.78. The predicted octanol–water partition coefficient (Wildman–Crippen LogP) is 4.32. The van der Waals surface area contributed by atoms with Crippen LogP contribution in [-0.2, 0) is 11.3 Å². The summed E-state index contributed by atoms with van der Waals surface area (Å²) in [6, 6.07) is 16.1. The van der Waals surface area contributed by atoms with Crippen molar-refractivity contribution in [2.75, 3.05) is 32.3 Å². The van der Waals surface area contributed by atoms with Crippen LogP contribution in [0.2, 0.25) is 0 Å². The van der Waals surface area contributed by atoms with E-state index in [1.54, 1.807) is 30.9 Å². The second-order valence-corrected chi connectivity index (χ2v) is 8.40. The van der Waals surface area contributed by atoms with Crippen LogP contribution in [0, 0.1) is 5.82 Å². The first-order valence-corrected chi connectivity index (χ1v) is 11.3. The summed E-state index contributed by atoms with van der Waals surface area (Å²) in [5.41, 5.74) is 4.86. The lowest BCUT2D eigenvalue weighted by atomic mass is 10.1. The predicted molar refractivity (Wildman–Crippen MR) is 129 cm³/mol. The van der Waals surface area contributed by atoms with Crippen molar-refractivity contribution < 1.29 is 19.0 Å². The Hall–Kier alpha value is -3.49. The first-order chi connectivity index (χ1) is 16.6. The normalized spacial score (nSPS) is 15.9. The Bertz CT molecular complexity index is 1290. The van der Waals surface area contributed by atoms with E-state index >= 15 is 0 Å². The van der Waals surface area contributed by atoms with Crippen LogP contribution >= 0.6 is 0 Å². The van der Waals surface area contributed by atoms with Gasteiger partial charge in [-0.3, -0.25) is 0 Å². The van der Waals surface area contributed by atoms with Gasteiger partial charge in [0.05, 0.1) is 43.3 Å². The molecule has 0 aliphatic carbocycles. The number of aliphatic hydroxyl groups excluding tert-OH is 1. The van der Waals surface area contributed by atoms with Crippen LogP contribution in [0.15, 0.2) is 54.6 Å². The maximum Gasteiger partial charge on any atom is 0.166 e. The fourth-order valence-corrected chi connectivity index (χ4v) is 4.64. The van der Waals surface area contributed by atoms with Crippen LogP contribution in [0.3, 0.4) is 0 Å². The lowest BCUT2D eigenvalue weighted by Gasteiger charge is -2.25. The molecule has 2 aromatic heterocycles. The summed E-state index contributed by atoms with van der Waals surface area (Å²) in [7, 11) is 3.27. The molecule has 0 bridgehead atoms. The zero-order valence-electron chi connectivity index (χ0n) is 19.2. The second-order valence-electron chi connectivity index (χ2n) is 8.40. The van der Waals surface area contributed by atoms with Gasteiger partial charge in [-0.1, -0.05) is 12.1 Å². The number of benzene rings is 2. The Labute approximate surface area is 197 Å². The van der Waals surface area contributed by atoms with E-state index in [4.69, 9.17) is 19.6 Å². The Kier molecular flexibility index (Phi) is 6.17. The number of halogens is 1. The number of aliphatic hydroxyl groups is 1. The van der Waals surface area contributed by atoms with Gasteiger partial charge in [0.1, 0.15) is 17.4 Å². The average molecular weight is 463 g/mol. The van der Waals surface area contributed by atoms with Crippen LogP contribution in [0.1, 0.15) is 18.5 Å². The summed E-state index contributed by atoms with van der Waals surface area (Å²) in [6.45, 7) is 1.19. The fraction of sp³-hybridized carbons (Fsp3) is 0.308. The summed E-state index contributed by atoms with van der Waals surface area (Å²) in [4.78, 5) is 7.18. The number of hydrogen-bond acceptors (Lipinski definition) is 6. The molecule has 5 rings (SSSR count). The third kappa shape index (κ3) is 3.99. The van der Waals surface area contributed by atoms with Crippen LogP contribution in [0.5, 0.6) is 5.75 Å². The van der Waals surface area contributed by atoms with E-state index in [1.165, 1.54) is 12.1 Å². The quantitative estimate of drug-likeness (QED) is 0.441. The molecule has 7 nitrogen and oxygen atoms in total. The monoisotopic (exact) mass is 462 g/mol. The maximum absolute atomic E-state index is 13.7. The van der Waals surface area contributed by atoms with Gasteiger partial charge in [0.25, 0.3) is 0 Å². The van der Waals surface area contributed by atoms with Crippen LogP contribution < -0.4 is 9.64 Å². The van der Waals surface area contributed by atoms with E-state index < -0.39 is 0 Å². The molecule has 1 aliphatic rings. The molecule has 1 atom stereocenters. The Morgan fingerprint density at radius 3 is 2.47 bits per heavy atom. The number of aromatic nitrogens is 3. The standard InChI is InChI=1S/C26H27FN4O3/c1-33-16-22-25(18-7-11-21(34-2)12-8-18)26-28-24(30-13-3-4-20(30)15-32)14-23(31(26)29-22)17-5-9-19(27)10-6-17/h5-12,14,20,32H,3-4,13,15-16H2,1-2H3/t20-/m1/s1. The molecule has 4 aromatic rings. The van der Waals surface area contributed by atoms with E-state index in [9.17, 15) is 9.50 Å². The molecule has 176 valence electrons. The first kappa shape index (κ1) is 22.3. The highest BCUT2D eigenvalue weighted by Crippen LogP contribution is 2.35. The molecule has 1 aliphatic heterocycles. The van der Waals surface area contributed by atoms with Gasteiger partial charge in [0.2, 0.25) is 0 Å². The van der Waals surface area contributed by atoms with Crippen molar-refractivity contribution in [2.24, 2.45) is 0 Å². The molecule has 1 saturated heterocycles. The van der Waals surface area contributed by atoms with E-state index in [-0.39, 0.29) is 18.5 Å². The minimum absolute atomic E-state index is 0.0156. The fourth-order valence-electron chi connectivity index (χ4n) is 4.64. The number of ether oxygens (including phenoxy) is 2. The summed E-state index contributed by atoms with van der Waals surface area (Å²) in [5, 5.41) is 14.8. The third-order valence-corrected chi connectivity index (χ3v) is 6.33. The van der Waals surface area contributed by atoms with E-state index in [1.807, 2.05) is 30.3 Å². The van der Waals surface area contributed by atoms with Gasteiger partial charge in [-0.15, -0.1) is 0 Å². The number of hydrogen-bond donors (Lipinski definition) is 1. The highest BCUT2D eigenvalue weighted by Gasteiger charge is 2.28. The number of anilines is 1. The molecule has 0 radical (unpaired) electrons. The van der Waals surface area contributed by atoms with Gasteiger partial charge in [-0.2, -0.15) is 5.10 Å². The molecule has 8 heteroatoms. The zero-order valence-corrected chi connectivity index (χ0v) is 19.2. The van der Waals surface area contributed by atoms with Crippen molar-refractivity contribution >= 4 is 11.5 Å². The van der Waals surface area contributed by atoms with Crippen molar-refractivity contribution in [3.05, 3.63) is 66.1 Å². The summed E-state index contributed by atoms with van der Waals surface area (Å²) in [6.07, 6.45) is 1.90. The van der Waals surface area contributed by atoms with Gasteiger partial charge in [0.15, 0.2) is 5.65 Å². The Morgan fingerprint density at radius 2 is 1.79 bits per heavy atom. The van der Waals surface area contributed by atoms with Crippen LogP contribution in [0.25, 0.3) is 28.0 Å². The number of methoxy groups -OCH3 is 2. The molecular weight excluding hydrogens is 435 g/mol. The van der Waals surface area contributed by atoms with E-state index in [0.717, 1.165) is 59.0 Å². The maximum atomic E-state index is 13.7. The van der Waals surface area contributed by atoms with Gasteiger partial charge >= 0.3 is 0 Å². The lowest BCUT2D eigenvalue weighted by molar-refractivity contribution is 0.181. The number of rotatable bonds is 7. The molecule has 34 heavy (non-hydrogen) atoms. The molecule has 3 heterocycles. The largest absolute Gasteiger partial charge is 0.497 e. The third-order valence-electron chi connectivity index (χ3n) is 6.33. The van der Waals surface area contributed by atoms with Crippen molar-refractivity contribution in [1.82, 2.24) is 14.6 Å². The van der Waals surface area contributed by atoms with Gasteiger partial charge in [0, 0.05) is 25.3 Å². The van der Waals surface area contributed by atoms with Crippen LogP contribution in [0.4, 0.5) is 10.2 Å². The minimum atomic E-state index is -0.298. The van der Waals surface area contributed by atoms with E-state index in [2.05, 4.69) is 4.90 Å². The smallest absolute Gasteiger partial charge is 0.166 e.